The number of aromatic amines is 1. The predicted molar refractivity (Wildman–Crippen MR) is 70.7 cm³/mol. The van der Waals surface area contributed by atoms with Gasteiger partial charge in [-0.2, -0.15) is 0 Å². The van der Waals surface area contributed by atoms with Crippen molar-refractivity contribution in [3.63, 3.8) is 0 Å². The van der Waals surface area contributed by atoms with Gasteiger partial charge in [0.1, 0.15) is 5.82 Å². The highest BCUT2D eigenvalue weighted by molar-refractivity contribution is 5.95. The second kappa shape index (κ2) is 4.24. The molecule has 0 bridgehead atoms. The summed E-state index contributed by atoms with van der Waals surface area (Å²) in [6.07, 6.45) is 0. The van der Waals surface area contributed by atoms with Crippen molar-refractivity contribution in [1.82, 2.24) is 4.98 Å². The molecule has 0 saturated carbocycles. The van der Waals surface area contributed by atoms with Crippen LogP contribution in [0.5, 0.6) is 0 Å². The molecule has 1 heterocycles. The van der Waals surface area contributed by atoms with Crippen LogP contribution in [0.15, 0.2) is 48.5 Å². The first-order valence-electron chi connectivity index (χ1n) is 5.75. The van der Waals surface area contributed by atoms with E-state index in [0.29, 0.717) is 0 Å². The number of nitrogens with one attached hydrogen (secondary N) is 1. The van der Waals surface area contributed by atoms with Gasteiger partial charge < -0.3 is 10.1 Å². The van der Waals surface area contributed by atoms with Crippen LogP contribution in [0.4, 0.5) is 4.39 Å². The zero-order valence-corrected chi connectivity index (χ0v) is 9.85. The number of aromatic carboxylic acids is 1. The lowest BCUT2D eigenvalue weighted by Gasteiger charge is -1.96. The molecule has 0 radical (unpaired) electrons. The van der Waals surface area contributed by atoms with Gasteiger partial charge in [0.2, 0.25) is 0 Å². The SMILES string of the molecule is O=C(O)c1ccc2[nH]c(-c3cccc(F)c3)cc2c1. The largest absolute Gasteiger partial charge is 0.478 e. The standard InChI is InChI=1S/C15H10FNO2/c16-12-3-1-2-9(7-12)14-8-11-6-10(15(18)19)4-5-13(11)17-14/h1-8,17H,(H,18,19). The number of rotatable bonds is 2. The van der Waals surface area contributed by atoms with Gasteiger partial charge in [0.15, 0.2) is 0 Å². The Morgan fingerprint density at radius 1 is 1.11 bits per heavy atom. The van der Waals surface area contributed by atoms with Crippen molar-refractivity contribution in [2.45, 2.75) is 0 Å². The molecule has 0 saturated heterocycles. The third-order valence-electron chi connectivity index (χ3n) is 3.00. The Kier molecular flexibility index (Phi) is 2.56. The molecular formula is C15H10FNO2. The maximum Gasteiger partial charge on any atom is 0.335 e. The Morgan fingerprint density at radius 2 is 1.95 bits per heavy atom. The molecule has 0 aliphatic carbocycles. The minimum absolute atomic E-state index is 0.234. The average molecular weight is 255 g/mol. The molecule has 2 N–H and O–H groups in total. The van der Waals surface area contributed by atoms with E-state index in [1.54, 1.807) is 24.3 Å². The molecule has 4 heteroatoms. The van der Waals surface area contributed by atoms with Crippen LogP contribution in [-0.2, 0) is 0 Å². The van der Waals surface area contributed by atoms with E-state index in [4.69, 9.17) is 5.11 Å². The van der Waals surface area contributed by atoms with Crippen molar-refractivity contribution in [3.05, 3.63) is 59.9 Å². The van der Waals surface area contributed by atoms with Crippen LogP contribution >= 0.6 is 0 Å². The highest BCUT2D eigenvalue weighted by atomic mass is 19.1. The van der Waals surface area contributed by atoms with Gasteiger partial charge in [-0.1, -0.05) is 12.1 Å². The fraction of sp³-hybridized carbons (Fsp3) is 0. The zero-order valence-electron chi connectivity index (χ0n) is 9.85. The summed E-state index contributed by atoms with van der Waals surface area (Å²) in [5.74, 6) is -1.27. The number of hydrogen-bond donors (Lipinski definition) is 2. The fourth-order valence-electron chi connectivity index (χ4n) is 2.08. The first kappa shape index (κ1) is 11.5. The summed E-state index contributed by atoms with van der Waals surface area (Å²) in [5.41, 5.74) is 2.55. The van der Waals surface area contributed by atoms with Crippen molar-refractivity contribution in [2.24, 2.45) is 0 Å². The summed E-state index contributed by atoms with van der Waals surface area (Å²) < 4.78 is 13.2. The van der Waals surface area contributed by atoms with Crippen LogP contribution in [0.3, 0.4) is 0 Å². The Labute approximate surface area is 108 Å². The number of aromatic nitrogens is 1. The van der Waals surface area contributed by atoms with Crippen molar-refractivity contribution in [2.75, 3.05) is 0 Å². The van der Waals surface area contributed by atoms with Crippen LogP contribution in [0, 0.1) is 5.82 Å². The molecule has 3 nitrogen and oxygen atoms in total. The van der Waals surface area contributed by atoms with E-state index in [9.17, 15) is 9.18 Å². The first-order valence-corrected chi connectivity index (χ1v) is 5.75. The lowest BCUT2D eigenvalue weighted by Crippen LogP contribution is -1.94. The van der Waals surface area contributed by atoms with Crippen LogP contribution in [0.1, 0.15) is 10.4 Å². The smallest absolute Gasteiger partial charge is 0.335 e. The lowest BCUT2D eigenvalue weighted by atomic mass is 10.1. The van der Waals surface area contributed by atoms with Gasteiger partial charge in [-0.25, -0.2) is 9.18 Å². The topological polar surface area (TPSA) is 53.1 Å². The minimum atomic E-state index is -0.963. The number of H-pyrrole nitrogens is 1. The predicted octanol–water partition coefficient (Wildman–Crippen LogP) is 3.67. The monoisotopic (exact) mass is 255 g/mol. The van der Waals surface area contributed by atoms with E-state index in [2.05, 4.69) is 4.98 Å². The molecule has 3 aromatic rings. The van der Waals surface area contributed by atoms with Crippen molar-refractivity contribution in [3.8, 4) is 11.3 Å². The van der Waals surface area contributed by atoms with Gasteiger partial charge in [-0.3, -0.25) is 0 Å². The van der Waals surface area contributed by atoms with Crippen molar-refractivity contribution in [1.29, 1.82) is 0 Å². The molecule has 0 amide bonds. The second-order valence-electron chi connectivity index (χ2n) is 4.30. The molecule has 2 aromatic carbocycles. The maximum atomic E-state index is 13.2. The quantitative estimate of drug-likeness (QED) is 0.734. The Morgan fingerprint density at radius 3 is 2.68 bits per heavy atom. The van der Waals surface area contributed by atoms with Gasteiger partial charge in [-0.15, -0.1) is 0 Å². The summed E-state index contributed by atoms with van der Waals surface area (Å²) in [6.45, 7) is 0. The highest BCUT2D eigenvalue weighted by Crippen LogP contribution is 2.25. The number of fused-ring (bicyclic) bond motifs is 1. The number of carbonyl (C=O) groups is 1. The van der Waals surface area contributed by atoms with Gasteiger partial charge >= 0.3 is 5.97 Å². The normalized spacial score (nSPS) is 10.8. The van der Waals surface area contributed by atoms with Gasteiger partial charge in [0.25, 0.3) is 0 Å². The van der Waals surface area contributed by atoms with E-state index >= 15 is 0 Å². The van der Waals surface area contributed by atoms with E-state index in [1.165, 1.54) is 18.2 Å². The number of hydrogen-bond acceptors (Lipinski definition) is 1. The number of carboxylic acids is 1. The second-order valence-corrected chi connectivity index (χ2v) is 4.30. The minimum Gasteiger partial charge on any atom is -0.478 e. The molecule has 0 aliphatic rings. The summed E-state index contributed by atoms with van der Waals surface area (Å²) in [5, 5.41) is 9.74. The molecule has 1 aromatic heterocycles. The molecule has 0 spiro atoms. The van der Waals surface area contributed by atoms with Crippen molar-refractivity contribution >= 4 is 16.9 Å². The summed E-state index contributed by atoms with van der Waals surface area (Å²) in [7, 11) is 0. The Hall–Kier alpha value is -2.62. The zero-order chi connectivity index (χ0) is 13.4. The van der Waals surface area contributed by atoms with Crippen LogP contribution in [0.2, 0.25) is 0 Å². The van der Waals surface area contributed by atoms with E-state index in [0.717, 1.165) is 22.2 Å². The molecule has 0 atom stereocenters. The molecule has 0 unspecified atom stereocenters. The molecule has 3 rings (SSSR count). The van der Waals surface area contributed by atoms with Gasteiger partial charge in [0.05, 0.1) is 5.56 Å². The van der Waals surface area contributed by atoms with Crippen LogP contribution in [0.25, 0.3) is 22.2 Å². The molecule has 19 heavy (non-hydrogen) atoms. The molecular weight excluding hydrogens is 245 g/mol. The van der Waals surface area contributed by atoms with E-state index < -0.39 is 5.97 Å². The first-order chi connectivity index (χ1) is 9.13. The summed E-state index contributed by atoms with van der Waals surface area (Å²) in [4.78, 5) is 14.1. The third-order valence-corrected chi connectivity index (χ3v) is 3.00. The fourth-order valence-corrected chi connectivity index (χ4v) is 2.08. The molecule has 0 fully saturated rings. The van der Waals surface area contributed by atoms with E-state index in [1.807, 2.05) is 6.07 Å². The number of carboxylic acid groups (broad SMARTS) is 1. The highest BCUT2D eigenvalue weighted by Gasteiger charge is 2.07. The average Bonchev–Trinajstić information content (AvgIpc) is 2.81. The lowest BCUT2D eigenvalue weighted by molar-refractivity contribution is 0.0697. The Balaban J connectivity index is 2.14. The third kappa shape index (κ3) is 2.08. The Bertz CT molecular complexity index is 777. The van der Waals surface area contributed by atoms with E-state index in [-0.39, 0.29) is 11.4 Å². The maximum absolute atomic E-state index is 13.2. The van der Waals surface area contributed by atoms with Crippen molar-refractivity contribution < 1.29 is 14.3 Å². The van der Waals surface area contributed by atoms with Crippen LogP contribution in [-0.4, -0.2) is 16.1 Å². The summed E-state index contributed by atoms with van der Waals surface area (Å²) in [6, 6.07) is 12.9. The van der Waals surface area contributed by atoms with Gasteiger partial charge in [-0.05, 0) is 36.4 Å². The summed E-state index contributed by atoms with van der Waals surface area (Å²) >= 11 is 0. The van der Waals surface area contributed by atoms with Gasteiger partial charge in [0, 0.05) is 22.2 Å². The molecule has 94 valence electrons. The number of benzene rings is 2. The van der Waals surface area contributed by atoms with Crippen LogP contribution < -0.4 is 0 Å². The molecule has 0 aliphatic heterocycles. The number of halogens is 1.